The first kappa shape index (κ1) is 20.8. The molecule has 0 aliphatic carbocycles. The molecule has 0 unspecified atom stereocenters. The molecule has 166 valence electrons. The lowest BCUT2D eigenvalue weighted by Crippen LogP contribution is -2.38. The van der Waals surface area contributed by atoms with Crippen LogP contribution in [0.1, 0.15) is 29.0 Å². The van der Waals surface area contributed by atoms with E-state index in [0.717, 1.165) is 12.8 Å². The van der Waals surface area contributed by atoms with Gasteiger partial charge in [0.05, 0.1) is 28.6 Å². The van der Waals surface area contributed by atoms with Gasteiger partial charge in [-0.25, -0.2) is 4.98 Å². The van der Waals surface area contributed by atoms with Crippen LogP contribution >= 0.6 is 11.6 Å². The van der Waals surface area contributed by atoms with E-state index < -0.39 is 0 Å². The standard InChI is InChI=1S/C23H22ClN3O5/c24-17-10-14(11-19-21(17)32-9-8-31-19)23(29)27(12-15-4-3-7-30-15)13-20-25-18-6-2-1-5-16(18)22(28)26-20/h1-2,5-6,10-11,15H,3-4,7-9,12-13H2,(H,25,26,28)/t15-/m1/s1. The summed E-state index contributed by atoms with van der Waals surface area (Å²) >= 11 is 6.35. The van der Waals surface area contributed by atoms with E-state index >= 15 is 0 Å². The highest BCUT2D eigenvalue weighted by Crippen LogP contribution is 2.38. The number of ether oxygens (including phenoxy) is 3. The number of hydrogen-bond acceptors (Lipinski definition) is 6. The highest BCUT2D eigenvalue weighted by atomic mass is 35.5. The lowest BCUT2D eigenvalue weighted by atomic mass is 10.1. The van der Waals surface area contributed by atoms with Crippen LogP contribution in [0.3, 0.4) is 0 Å². The van der Waals surface area contributed by atoms with E-state index in [1.807, 2.05) is 6.07 Å². The molecule has 0 saturated carbocycles. The van der Waals surface area contributed by atoms with Gasteiger partial charge in [-0.2, -0.15) is 0 Å². The van der Waals surface area contributed by atoms with Gasteiger partial charge in [0.25, 0.3) is 11.5 Å². The molecular weight excluding hydrogens is 434 g/mol. The van der Waals surface area contributed by atoms with Crippen LogP contribution < -0.4 is 15.0 Å². The molecule has 1 fully saturated rings. The fourth-order valence-corrected chi connectivity index (χ4v) is 4.33. The van der Waals surface area contributed by atoms with Crippen molar-refractivity contribution >= 4 is 28.4 Å². The maximum absolute atomic E-state index is 13.5. The Kier molecular flexibility index (Phi) is 5.71. The van der Waals surface area contributed by atoms with Crippen molar-refractivity contribution in [3.8, 4) is 11.5 Å². The van der Waals surface area contributed by atoms with Gasteiger partial charge in [-0.05, 0) is 37.1 Å². The average Bonchev–Trinajstić information content (AvgIpc) is 3.31. The van der Waals surface area contributed by atoms with Crippen molar-refractivity contribution in [2.24, 2.45) is 0 Å². The van der Waals surface area contributed by atoms with Crippen LogP contribution in [0.5, 0.6) is 11.5 Å². The normalized spacial score (nSPS) is 17.5. The van der Waals surface area contributed by atoms with Crippen LogP contribution in [-0.2, 0) is 11.3 Å². The zero-order valence-corrected chi connectivity index (χ0v) is 18.1. The fourth-order valence-electron chi connectivity index (χ4n) is 4.06. The number of benzene rings is 2. The largest absolute Gasteiger partial charge is 0.486 e. The van der Waals surface area contributed by atoms with Crippen molar-refractivity contribution in [3.63, 3.8) is 0 Å². The molecule has 8 nitrogen and oxygen atoms in total. The van der Waals surface area contributed by atoms with Crippen LogP contribution in [0.15, 0.2) is 41.2 Å². The molecule has 1 N–H and O–H groups in total. The third kappa shape index (κ3) is 4.16. The SMILES string of the molecule is O=C(c1cc(Cl)c2c(c1)OCCO2)N(Cc1nc2ccccc2c(=O)[nH]1)C[C@H]1CCCO1. The summed E-state index contributed by atoms with van der Waals surface area (Å²) in [7, 11) is 0. The molecule has 1 amide bonds. The zero-order chi connectivity index (χ0) is 22.1. The Labute approximate surface area is 189 Å². The highest BCUT2D eigenvalue weighted by molar-refractivity contribution is 6.32. The molecular formula is C23H22ClN3O5. The number of fused-ring (bicyclic) bond motifs is 2. The molecule has 0 spiro atoms. The first-order valence-electron chi connectivity index (χ1n) is 10.6. The number of amides is 1. The van der Waals surface area contributed by atoms with Crippen molar-refractivity contribution in [2.75, 3.05) is 26.4 Å². The van der Waals surface area contributed by atoms with Crippen LogP contribution in [0.2, 0.25) is 5.02 Å². The number of nitrogens with one attached hydrogen (secondary N) is 1. The van der Waals surface area contributed by atoms with Crippen molar-refractivity contribution in [1.82, 2.24) is 14.9 Å². The fraction of sp³-hybridized carbons (Fsp3) is 0.348. The van der Waals surface area contributed by atoms with Crippen LogP contribution in [0, 0.1) is 0 Å². The highest BCUT2D eigenvalue weighted by Gasteiger charge is 2.27. The van der Waals surface area contributed by atoms with E-state index in [1.54, 1.807) is 35.2 Å². The number of H-pyrrole nitrogens is 1. The average molecular weight is 456 g/mol. The van der Waals surface area contributed by atoms with E-state index in [1.165, 1.54) is 0 Å². The molecule has 32 heavy (non-hydrogen) atoms. The Morgan fingerprint density at radius 2 is 2.03 bits per heavy atom. The molecule has 2 aromatic carbocycles. The van der Waals surface area contributed by atoms with Gasteiger partial charge in [-0.1, -0.05) is 23.7 Å². The predicted octanol–water partition coefficient (Wildman–Crippen LogP) is 3.17. The molecule has 3 aromatic rings. The molecule has 2 aliphatic heterocycles. The lowest BCUT2D eigenvalue weighted by molar-refractivity contribution is 0.0500. The Balaban J connectivity index is 1.47. The van der Waals surface area contributed by atoms with Gasteiger partial charge in [0.2, 0.25) is 0 Å². The second kappa shape index (κ2) is 8.80. The summed E-state index contributed by atoms with van der Waals surface area (Å²) in [5, 5.41) is 0.826. The number of carbonyl (C=O) groups is 1. The van der Waals surface area contributed by atoms with Gasteiger partial charge in [-0.3, -0.25) is 9.59 Å². The van der Waals surface area contributed by atoms with Crippen molar-refractivity contribution in [2.45, 2.75) is 25.5 Å². The predicted molar refractivity (Wildman–Crippen MR) is 119 cm³/mol. The van der Waals surface area contributed by atoms with Gasteiger partial charge in [0, 0.05) is 18.7 Å². The van der Waals surface area contributed by atoms with Gasteiger partial charge < -0.3 is 24.1 Å². The van der Waals surface area contributed by atoms with Gasteiger partial charge in [-0.15, -0.1) is 0 Å². The third-order valence-electron chi connectivity index (χ3n) is 5.58. The Bertz CT molecular complexity index is 1220. The summed E-state index contributed by atoms with van der Waals surface area (Å²) in [6.07, 6.45) is 1.75. The number of halogens is 1. The first-order chi connectivity index (χ1) is 15.6. The van der Waals surface area contributed by atoms with Crippen LogP contribution in [0.4, 0.5) is 0 Å². The number of carbonyl (C=O) groups excluding carboxylic acids is 1. The summed E-state index contributed by atoms with van der Waals surface area (Å²) in [4.78, 5) is 35.0. The third-order valence-corrected chi connectivity index (χ3v) is 5.86. The minimum absolute atomic E-state index is 0.0705. The molecule has 0 bridgehead atoms. The van der Waals surface area contributed by atoms with Crippen molar-refractivity contribution in [3.05, 3.63) is 63.2 Å². The Morgan fingerprint density at radius 3 is 2.88 bits per heavy atom. The van der Waals surface area contributed by atoms with E-state index in [4.69, 9.17) is 25.8 Å². The van der Waals surface area contributed by atoms with E-state index in [-0.39, 0.29) is 24.1 Å². The summed E-state index contributed by atoms with van der Waals surface area (Å²) < 4.78 is 16.9. The molecule has 1 atom stereocenters. The van der Waals surface area contributed by atoms with Gasteiger partial charge >= 0.3 is 0 Å². The number of hydrogen-bond donors (Lipinski definition) is 1. The zero-order valence-electron chi connectivity index (χ0n) is 17.3. The maximum atomic E-state index is 13.5. The number of nitrogens with zero attached hydrogens (tertiary/aromatic N) is 2. The molecule has 1 aromatic heterocycles. The number of para-hydroxylation sites is 1. The maximum Gasteiger partial charge on any atom is 0.258 e. The second-order valence-electron chi connectivity index (χ2n) is 7.83. The van der Waals surface area contributed by atoms with Crippen molar-refractivity contribution < 1.29 is 19.0 Å². The summed E-state index contributed by atoms with van der Waals surface area (Å²) in [6.45, 7) is 1.98. The molecule has 9 heteroatoms. The molecule has 2 aliphatic rings. The van der Waals surface area contributed by atoms with E-state index in [9.17, 15) is 9.59 Å². The second-order valence-corrected chi connectivity index (χ2v) is 8.24. The lowest BCUT2D eigenvalue weighted by Gasteiger charge is -2.26. The number of rotatable bonds is 5. The minimum atomic E-state index is -0.254. The first-order valence-corrected chi connectivity index (χ1v) is 10.9. The van der Waals surface area contributed by atoms with Crippen LogP contribution in [0.25, 0.3) is 10.9 Å². The van der Waals surface area contributed by atoms with E-state index in [2.05, 4.69) is 9.97 Å². The number of aromatic nitrogens is 2. The monoisotopic (exact) mass is 455 g/mol. The smallest absolute Gasteiger partial charge is 0.258 e. The topological polar surface area (TPSA) is 93.8 Å². The van der Waals surface area contributed by atoms with Gasteiger partial charge in [0.15, 0.2) is 11.5 Å². The molecule has 0 radical (unpaired) electrons. The Morgan fingerprint density at radius 1 is 1.19 bits per heavy atom. The van der Waals surface area contributed by atoms with E-state index in [0.29, 0.717) is 65.2 Å². The molecule has 1 saturated heterocycles. The van der Waals surface area contributed by atoms with Crippen LogP contribution in [-0.4, -0.2) is 53.2 Å². The summed E-state index contributed by atoms with van der Waals surface area (Å²) in [6, 6.07) is 10.3. The number of aromatic amines is 1. The van der Waals surface area contributed by atoms with Crippen molar-refractivity contribution in [1.29, 1.82) is 0 Å². The summed E-state index contributed by atoms with van der Waals surface area (Å²) in [5.41, 5.74) is 0.719. The van der Waals surface area contributed by atoms with Gasteiger partial charge in [0.1, 0.15) is 19.0 Å². The Hall–Kier alpha value is -3.10. The molecule has 5 rings (SSSR count). The minimum Gasteiger partial charge on any atom is -0.486 e. The summed E-state index contributed by atoms with van der Waals surface area (Å²) in [5.74, 6) is 1.04. The molecule has 3 heterocycles. The quantitative estimate of drug-likeness (QED) is 0.635.